The number of hydrogen-bond acceptors (Lipinski definition) is 6. The quantitative estimate of drug-likeness (QED) is 0.661. The molecule has 1 aliphatic rings. The van der Waals surface area contributed by atoms with Crippen molar-refractivity contribution in [3.63, 3.8) is 0 Å². The molecule has 0 spiro atoms. The van der Waals surface area contributed by atoms with E-state index in [1.54, 1.807) is 39.0 Å². The summed E-state index contributed by atoms with van der Waals surface area (Å²) in [5, 5.41) is 13.2. The first-order valence-corrected chi connectivity index (χ1v) is 9.83. The predicted octanol–water partition coefficient (Wildman–Crippen LogP) is 2.50. The van der Waals surface area contributed by atoms with E-state index in [0.717, 1.165) is 38.4 Å². The topological polar surface area (TPSA) is 88.1 Å². The van der Waals surface area contributed by atoms with Crippen LogP contribution in [0.5, 0.6) is 0 Å². The van der Waals surface area contributed by atoms with Gasteiger partial charge in [0.15, 0.2) is 0 Å². The van der Waals surface area contributed by atoms with Gasteiger partial charge in [-0.25, -0.2) is 0 Å². The maximum Gasteiger partial charge on any atom is 0.306 e. The Kier molecular flexibility index (Phi) is 8.41. The summed E-state index contributed by atoms with van der Waals surface area (Å²) in [6, 6.07) is 7.19. The van der Waals surface area contributed by atoms with Gasteiger partial charge in [-0.1, -0.05) is 12.1 Å². The van der Waals surface area contributed by atoms with E-state index in [2.05, 4.69) is 10.2 Å². The van der Waals surface area contributed by atoms with Crippen molar-refractivity contribution < 1.29 is 24.2 Å². The highest BCUT2D eigenvalue weighted by atomic mass is 16.6. The second-order valence-corrected chi connectivity index (χ2v) is 8.02. The molecule has 1 heterocycles. The molecule has 0 aromatic heterocycles. The third kappa shape index (κ3) is 8.37. The minimum absolute atomic E-state index is 0.0327. The molecule has 0 saturated carbocycles. The van der Waals surface area contributed by atoms with E-state index < -0.39 is 17.7 Å². The number of morpholine rings is 1. The van der Waals surface area contributed by atoms with Gasteiger partial charge in [-0.05, 0) is 44.9 Å². The minimum atomic E-state index is -0.596. The lowest BCUT2D eigenvalue weighted by molar-refractivity contribution is -0.155. The van der Waals surface area contributed by atoms with Crippen LogP contribution in [-0.2, 0) is 19.1 Å². The van der Waals surface area contributed by atoms with Crippen LogP contribution in [-0.4, -0.2) is 60.3 Å². The second-order valence-electron chi connectivity index (χ2n) is 8.02. The molecule has 0 radical (unpaired) electrons. The highest BCUT2D eigenvalue weighted by Gasteiger charge is 2.18. The van der Waals surface area contributed by atoms with Gasteiger partial charge < -0.3 is 19.9 Å². The highest BCUT2D eigenvalue weighted by Crippen LogP contribution is 2.21. The molecule has 156 valence electrons. The fraction of sp³-hybridized carbons (Fsp3) is 0.619. The molecule has 7 nitrogen and oxygen atoms in total. The van der Waals surface area contributed by atoms with Gasteiger partial charge in [-0.2, -0.15) is 0 Å². The normalized spacial score (nSPS) is 16.4. The Morgan fingerprint density at radius 2 is 1.96 bits per heavy atom. The lowest BCUT2D eigenvalue weighted by atomic mass is 10.1. The monoisotopic (exact) mass is 392 g/mol. The first-order valence-electron chi connectivity index (χ1n) is 9.83. The van der Waals surface area contributed by atoms with Gasteiger partial charge in [-0.15, -0.1) is 0 Å². The van der Waals surface area contributed by atoms with Crippen LogP contribution in [0.2, 0.25) is 0 Å². The van der Waals surface area contributed by atoms with E-state index in [-0.39, 0.29) is 18.7 Å². The van der Waals surface area contributed by atoms with Crippen LogP contribution in [0.25, 0.3) is 0 Å². The van der Waals surface area contributed by atoms with Gasteiger partial charge in [0.1, 0.15) is 5.60 Å². The Morgan fingerprint density at radius 3 is 2.64 bits per heavy atom. The third-order valence-corrected chi connectivity index (χ3v) is 4.35. The lowest BCUT2D eigenvalue weighted by Gasteiger charge is -2.27. The van der Waals surface area contributed by atoms with Gasteiger partial charge >= 0.3 is 5.97 Å². The smallest absolute Gasteiger partial charge is 0.306 e. The van der Waals surface area contributed by atoms with Crippen molar-refractivity contribution in [2.24, 2.45) is 0 Å². The number of aliphatic hydroxyl groups excluding tert-OH is 1. The van der Waals surface area contributed by atoms with Crippen LogP contribution in [0.3, 0.4) is 0 Å². The second kappa shape index (κ2) is 10.5. The number of benzene rings is 1. The molecule has 1 aliphatic heterocycles. The van der Waals surface area contributed by atoms with Crippen molar-refractivity contribution in [3.05, 3.63) is 29.8 Å². The molecule has 1 saturated heterocycles. The number of nitrogens with zero attached hydrogens (tertiary/aromatic N) is 1. The van der Waals surface area contributed by atoms with Gasteiger partial charge in [0, 0.05) is 31.7 Å². The van der Waals surface area contributed by atoms with E-state index in [1.165, 1.54) is 0 Å². The minimum Gasteiger partial charge on any atom is -0.460 e. The Labute approximate surface area is 167 Å². The molecule has 1 fully saturated rings. The lowest BCUT2D eigenvalue weighted by Crippen LogP contribution is -2.37. The van der Waals surface area contributed by atoms with Crippen molar-refractivity contribution in [2.75, 3.05) is 38.2 Å². The van der Waals surface area contributed by atoms with Crippen molar-refractivity contribution in [3.8, 4) is 0 Å². The average Bonchev–Trinajstić information content (AvgIpc) is 2.64. The van der Waals surface area contributed by atoms with Crippen molar-refractivity contribution >= 4 is 17.6 Å². The number of amides is 1. The zero-order valence-electron chi connectivity index (χ0n) is 17.1. The average molecular weight is 392 g/mol. The van der Waals surface area contributed by atoms with Gasteiger partial charge in [0.25, 0.3) is 0 Å². The Hall–Kier alpha value is -1.96. The summed E-state index contributed by atoms with van der Waals surface area (Å²) in [5.74, 6) is -0.652. The number of aliphatic hydroxyl groups is 1. The largest absolute Gasteiger partial charge is 0.460 e. The van der Waals surface area contributed by atoms with Gasteiger partial charge in [0.2, 0.25) is 5.91 Å². The molecule has 1 amide bonds. The molecule has 28 heavy (non-hydrogen) atoms. The fourth-order valence-corrected chi connectivity index (χ4v) is 2.95. The maximum absolute atomic E-state index is 12.1. The molecule has 0 bridgehead atoms. The predicted molar refractivity (Wildman–Crippen MR) is 107 cm³/mol. The molecule has 2 rings (SSSR count). The van der Waals surface area contributed by atoms with E-state index in [1.807, 2.05) is 6.07 Å². The summed E-state index contributed by atoms with van der Waals surface area (Å²) in [6.07, 6.45) is 0.112. The number of carbonyl (C=O) groups is 2. The zero-order valence-corrected chi connectivity index (χ0v) is 17.1. The summed E-state index contributed by atoms with van der Waals surface area (Å²) in [5.41, 5.74) is 0.814. The number of rotatable bonds is 8. The zero-order chi connectivity index (χ0) is 20.6. The fourth-order valence-electron chi connectivity index (χ4n) is 2.95. The molecule has 1 aromatic carbocycles. The molecule has 1 aromatic rings. The van der Waals surface area contributed by atoms with Crippen LogP contribution in [0, 0.1) is 0 Å². The number of carbonyl (C=O) groups excluding carboxylic acids is 2. The van der Waals surface area contributed by atoms with E-state index >= 15 is 0 Å². The maximum atomic E-state index is 12.1. The third-order valence-electron chi connectivity index (χ3n) is 4.35. The number of nitrogens with one attached hydrogen (secondary N) is 1. The molecular formula is C21H32N2O5. The Balaban J connectivity index is 1.79. The summed E-state index contributed by atoms with van der Waals surface area (Å²) < 4.78 is 10.5. The Morgan fingerprint density at radius 1 is 1.25 bits per heavy atom. The van der Waals surface area contributed by atoms with Crippen LogP contribution >= 0.6 is 0 Å². The van der Waals surface area contributed by atoms with E-state index in [9.17, 15) is 14.7 Å². The van der Waals surface area contributed by atoms with Crippen molar-refractivity contribution in [1.82, 2.24) is 4.90 Å². The molecular weight excluding hydrogens is 360 g/mol. The number of anilines is 1. The van der Waals surface area contributed by atoms with E-state index in [0.29, 0.717) is 12.1 Å². The number of esters is 1. The van der Waals surface area contributed by atoms with Crippen LogP contribution in [0.15, 0.2) is 24.3 Å². The first kappa shape index (κ1) is 22.3. The van der Waals surface area contributed by atoms with Crippen LogP contribution < -0.4 is 5.32 Å². The summed E-state index contributed by atoms with van der Waals surface area (Å²) in [4.78, 5) is 26.1. The van der Waals surface area contributed by atoms with Gasteiger partial charge in [0.05, 0.1) is 25.7 Å². The number of hydrogen-bond donors (Lipinski definition) is 2. The summed E-state index contributed by atoms with van der Waals surface area (Å²) in [6.45, 7) is 9.43. The highest BCUT2D eigenvalue weighted by molar-refractivity contribution is 5.92. The first-order chi connectivity index (χ1) is 13.2. The van der Waals surface area contributed by atoms with Gasteiger partial charge in [-0.3, -0.25) is 14.5 Å². The van der Waals surface area contributed by atoms with E-state index in [4.69, 9.17) is 9.47 Å². The van der Waals surface area contributed by atoms with Crippen LogP contribution in [0.4, 0.5) is 5.69 Å². The molecule has 2 N–H and O–H groups in total. The number of ether oxygens (including phenoxy) is 2. The SMILES string of the molecule is CC(C)(C)OC(=O)CCC(=O)Nc1cccc(C(O)CCN2CCOCC2)c1. The molecule has 1 unspecified atom stereocenters. The van der Waals surface area contributed by atoms with Crippen LogP contribution in [0.1, 0.15) is 51.7 Å². The Bertz CT molecular complexity index is 650. The molecule has 7 heteroatoms. The molecule has 1 atom stereocenters. The van der Waals surface area contributed by atoms with Crippen molar-refractivity contribution in [1.29, 1.82) is 0 Å². The van der Waals surface area contributed by atoms with Crippen molar-refractivity contribution in [2.45, 2.75) is 51.7 Å². The summed E-state index contributed by atoms with van der Waals surface area (Å²) >= 11 is 0. The summed E-state index contributed by atoms with van der Waals surface area (Å²) in [7, 11) is 0. The standard InChI is InChI=1S/C21H32N2O5/c1-21(2,3)28-20(26)8-7-19(25)22-17-6-4-5-16(15-17)18(24)9-10-23-11-13-27-14-12-23/h4-6,15,18,24H,7-14H2,1-3H3,(H,22,25). The molecule has 0 aliphatic carbocycles.